The highest BCUT2D eigenvalue weighted by Crippen LogP contribution is 2.40. The summed E-state index contributed by atoms with van der Waals surface area (Å²) in [4.78, 5) is 50.7. The quantitative estimate of drug-likeness (QED) is 0.440. The molecule has 1 aliphatic heterocycles. The minimum atomic E-state index is -3.85. The number of rotatable bonds is 9. The Labute approximate surface area is 230 Å². The van der Waals surface area contributed by atoms with Gasteiger partial charge in [-0.25, -0.2) is 18.0 Å². The van der Waals surface area contributed by atoms with E-state index in [1.54, 1.807) is 27.7 Å². The minimum absolute atomic E-state index is 0.00317. The number of anilines is 1. The van der Waals surface area contributed by atoms with Gasteiger partial charge in [-0.05, 0) is 45.0 Å². The third kappa shape index (κ3) is 6.94. The first-order valence-electron chi connectivity index (χ1n) is 12.4. The van der Waals surface area contributed by atoms with Crippen molar-refractivity contribution in [3.63, 3.8) is 0 Å². The molecule has 39 heavy (non-hydrogen) atoms. The van der Waals surface area contributed by atoms with Crippen LogP contribution in [0.4, 0.5) is 9.80 Å². The summed E-state index contributed by atoms with van der Waals surface area (Å²) in [7, 11) is -3.85. The van der Waals surface area contributed by atoms with Gasteiger partial charge in [0.1, 0.15) is 10.6 Å². The molecule has 3 rings (SSSR count). The van der Waals surface area contributed by atoms with Gasteiger partial charge in [-0.2, -0.15) is 4.31 Å². The second-order valence-corrected chi connectivity index (χ2v) is 11.3. The molecular formula is C25H31N3O9S2. The number of amides is 2. The van der Waals surface area contributed by atoms with Crippen molar-refractivity contribution in [2.45, 2.75) is 39.0 Å². The van der Waals surface area contributed by atoms with Gasteiger partial charge in [-0.1, -0.05) is 18.3 Å². The Morgan fingerprint density at radius 3 is 2.13 bits per heavy atom. The number of esters is 2. The molecule has 1 N–H and O–H groups in total. The number of ether oxygens (including phenoxy) is 3. The van der Waals surface area contributed by atoms with Crippen LogP contribution in [-0.4, -0.2) is 81.0 Å². The van der Waals surface area contributed by atoms with E-state index < -0.39 is 34.0 Å². The molecule has 1 aromatic heterocycles. The van der Waals surface area contributed by atoms with Gasteiger partial charge in [0.25, 0.3) is 5.91 Å². The molecule has 12 nitrogen and oxygen atoms in total. The molecule has 1 aliphatic rings. The van der Waals surface area contributed by atoms with E-state index in [1.807, 2.05) is 0 Å². The molecule has 0 saturated carbocycles. The number of hydrogen-bond acceptors (Lipinski definition) is 10. The SMILES string of the molecule is CCOC(=O)c1c(NC(=O)c2ccc(S(=O)(=O)N3CCN(C(=O)OCC)CC3)cc2)sc(OC(=O)CC)c1C. The van der Waals surface area contributed by atoms with Crippen LogP contribution in [0.25, 0.3) is 0 Å². The molecule has 1 fully saturated rings. The van der Waals surface area contributed by atoms with Crippen LogP contribution < -0.4 is 10.1 Å². The molecule has 14 heteroatoms. The molecule has 0 unspecified atom stereocenters. The molecule has 0 atom stereocenters. The molecule has 1 saturated heterocycles. The number of hydrogen-bond donors (Lipinski definition) is 1. The van der Waals surface area contributed by atoms with E-state index in [0.717, 1.165) is 11.3 Å². The summed E-state index contributed by atoms with van der Waals surface area (Å²) in [5.41, 5.74) is 0.587. The van der Waals surface area contributed by atoms with Gasteiger partial charge < -0.3 is 24.4 Å². The van der Waals surface area contributed by atoms with E-state index in [4.69, 9.17) is 14.2 Å². The number of benzene rings is 1. The van der Waals surface area contributed by atoms with Crippen molar-refractivity contribution >= 4 is 50.3 Å². The van der Waals surface area contributed by atoms with E-state index in [0.29, 0.717) is 5.56 Å². The molecule has 0 bridgehead atoms. The van der Waals surface area contributed by atoms with E-state index >= 15 is 0 Å². The van der Waals surface area contributed by atoms with Gasteiger partial charge in [0, 0.05) is 43.7 Å². The molecular weight excluding hydrogens is 550 g/mol. The number of sulfonamides is 1. The lowest BCUT2D eigenvalue weighted by Gasteiger charge is -2.33. The summed E-state index contributed by atoms with van der Waals surface area (Å²) in [5.74, 6) is -1.77. The lowest BCUT2D eigenvalue weighted by Crippen LogP contribution is -2.50. The van der Waals surface area contributed by atoms with E-state index in [1.165, 1.54) is 33.5 Å². The minimum Gasteiger partial charge on any atom is -0.462 e. The van der Waals surface area contributed by atoms with Crippen LogP contribution in [0, 0.1) is 6.92 Å². The maximum Gasteiger partial charge on any atom is 0.409 e. The number of nitrogens with one attached hydrogen (secondary N) is 1. The van der Waals surface area contributed by atoms with Crippen molar-refractivity contribution in [1.82, 2.24) is 9.21 Å². The number of thiophene rings is 1. The zero-order chi connectivity index (χ0) is 28.7. The fraction of sp³-hybridized carbons (Fsp3) is 0.440. The molecule has 0 radical (unpaired) electrons. The highest BCUT2D eigenvalue weighted by Gasteiger charge is 2.31. The molecule has 0 aliphatic carbocycles. The second-order valence-electron chi connectivity index (χ2n) is 8.34. The first kappa shape index (κ1) is 30.1. The van der Waals surface area contributed by atoms with Gasteiger partial charge >= 0.3 is 18.0 Å². The predicted molar refractivity (Wildman–Crippen MR) is 143 cm³/mol. The van der Waals surface area contributed by atoms with Crippen molar-refractivity contribution in [3.8, 4) is 5.06 Å². The van der Waals surface area contributed by atoms with Crippen molar-refractivity contribution in [2.24, 2.45) is 0 Å². The second kappa shape index (κ2) is 13.0. The number of nitrogens with zero attached hydrogens (tertiary/aromatic N) is 2. The van der Waals surface area contributed by atoms with Gasteiger partial charge in [0.2, 0.25) is 10.0 Å². The Bertz CT molecular complexity index is 1330. The maximum absolute atomic E-state index is 13.1. The van der Waals surface area contributed by atoms with Crippen molar-refractivity contribution in [3.05, 3.63) is 41.0 Å². The van der Waals surface area contributed by atoms with Crippen molar-refractivity contribution in [1.29, 1.82) is 0 Å². The van der Waals surface area contributed by atoms with Crippen LogP contribution in [0.5, 0.6) is 5.06 Å². The normalized spacial score (nSPS) is 14.0. The van der Waals surface area contributed by atoms with Gasteiger partial charge in [-0.3, -0.25) is 9.59 Å². The fourth-order valence-electron chi connectivity index (χ4n) is 3.73. The van der Waals surface area contributed by atoms with Crippen LogP contribution in [0.2, 0.25) is 0 Å². The number of carbonyl (C=O) groups is 4. The van der Waals surface area contributed by atoms with Gasteiger partial charge in [0.05, 0.1) is 18.1 Å². The van der Waals surface area contributed by atoms with E-state index in [2.05, 4.69) is 5.32 Å². The van der Waals surface area contributed by atoms with Crippen molar-refractivity contribution in [2.75, 3.05) is 44.7 Å². The number of piperazine rings is 1. The molecule has 2 amide bonds. The Morgan fingerprint density at radius 2 is 1.56 bits per heavy atom. The molecule has 212 valence electrons. The zero-order valence-corrected chi connectivity index (χ0v) is 23.8. The Kier molecular flexibility index (Phi) is 10.1. The zero-order valence-electron chi connectivity index (χ0n) is 22.1. The third-order valence-electron chi connectivity index (χ3n) is 5.82. The monoisotopic (exact) mass is 581 g/mol. The lowest BCUT2D eigenvalue weighted by molar-refractivity contribution is -0.133. The summed E-state index contributed by atoms with van der Waals surface area (Å²) in [6.07, 6.45) is -0.350. The maximum atomic E-state index is 13.1. The summed E-state index contributed by atoms with van der Waals surface area (Å²) in [5, 5.41) is 2.96. The molecule has 2 aromatic rings. The van der Waals surface area contributed by atoms with E-state index in [9.17, 15) is 27.6 Å². The first-order valence-corrected chi connectivity index (χ1v) is 14.6. The highest BCUT2D eigenvalue weighted by molar-refractivity contribution is 7.89. The van der Waals surface area contributed by atoms with Crippen LogP contribution in [-0.2, 0) is 24.3 Å². The largest absolute Gasteiger partial charge is 0.462 e. The third-order valence-corrected chi connectivity index (χ3v) is 8.82. The standard InChI is InChI=1S/C25H31N3O9S2/c1-5-19(29)37-24-16(4)20(23(31)35-6-2)22(38-24)26-21(30)17-8-10-18(11-9-17)39(33,34)28-14-12-27(13-15-28)25(32)36-7-3/h8-11H,5-7,12-15H2,1-4H3,(H,26,30). The summed E-state index contributed by atoms with van der Waals surface area (Å²) in [6.45, 7) is 7.55. The fourth-order valence-corrected chi connectivity index (χ4v) is 6.21. The lowest BCUT2D eigenvalue weighted by atomic mass is 10.2. The Hall–Kier alpha value is -3.49. The predicted octanol–water partition coefficient (Wildman–Crippen LogP) is 3.26. The average molecular weight is 582 g/mol. The molecule has 1 aromatic carbocycles. The first-order chi connectivity index (χ1) is 18.5. The Balaban J connectivity index is 1.75. The summed E-state index contributed by atoms with van der Waals surface area (Å²) < 4.78 is 42.8. The highest BCUT2D eigenvalue weighted by atomic mass is 32.2. The molecule has 2 heterocycles. The summed E-state index contributed by atoms with van der Waals surface area (Å²) in [6, 6.07) is 5.36. The van der Waals surface area contributed by atoms with Crippen LogP contribution in [0.3, 0.4) is 0 Å². The smallest absolute Gasteiger partial charge is 0.409 e. The van der Waals surface area contributed by atoms with Crippen LogP contribution in [0.15, 0.2) is 29.2 Å². The van der Waals surface area contributed by atoms with Gasteiger partial charge in [-0.15, -0.1) is 0 Å². The van der Waals surface area contributed by atoms with Crippen LogP contribution >= 0.6 is 11.3 Å². The molecule has 0 spiro atoms. The average Bonchev–Trinajstić information content (AvgIpc) is 3.22. The Morgan fingerprint density at radius 1 is 0.949 bits per heavy atom. The van der Waals surface area contributed by atoms with Gasteiger partial charge in [0.15, 0.2) is 5.06 Å². The summed E-state index contributed by atoms with van der Waals surface area (Å²) >= 11 is 0.923. The van der Waals surface area contributed by atoms with Crippen LogP contribution in [0.1, 0.15) is 53.5 Å². The van der Waals surface area contributed by atoms with Crippen molar-refractivity contribution < 1.29 is 41.8 Å². The number of carbonyl (C=O) groups excluding carboxylic acids is 4. The topological polar surface area (TPSA) is 149 Å². The van der Waals surface area contributed by atoms with E-state index in [-0.39, 0.29) is 71.9 Å².